The minimum atomic E-state index is -0.395. The molecule has 0 aromatic heterocycles. The standard InChI is InChI=1S/C40H54F2N2O4/c1-39-17-11-5-7-13-25(37(39)43)19-29-31(39)21-27(23-33(29)41)47-35(45)15-9-3-4-10-16-36(46)48-28-22-32-30(34(42)24-28)20-26-14-8-6-12-18-40(32,2)38(26)44/h21-26,37-38H,3-20,43-44H2,1-2H3. The van der Waals surface area contributed by atoms with E-state index < -0.39 is 11.9 Å². The van der Waals surface area contributed by atoms with Crippen molar-refractivity contribution in [2.24, 2.45) is 23.3 Å². The lowest BCUT2D eigenvalue weighted by Crippen LogP contribution is -2.53. The quantitative estimate of drug-likeness (QED) is 0.159. The summed E-state index contributed by atoms with van der Waals surface area (Å²) >= 11 is 0. The van der Waals surface area contributed by atoms with E-state index in [2.05, 4.69) is 13.8 Å². The molecule has 0 amide bonds. The van der Waals surface area contributed by atoms with Crippen molar-refractivity contribution in [3.8, 4) is 11.5 Å². The van der Waals surface area contributed by atoms with Crippen LogP contribution in [0.15, 0.2) is 24.3 Å². The molecule has 6 nitrogen and oxygen atoms in total. The molecule has 4 bridgehead atoms. The number of carbonyl (C=O) groups is 2. The molecule has 2 aromatic rings. The summed E-state index contributed by atoms with van der Waals surface area (Å²) in [5.74, 6) is -0.368. The highest BCUT2D eigenvalue weighted by molar-refractivity contribution is 5.73. The first-order valence-corrected chi connectivity index (χ1v) is 18.6. The molecule has 0 heterocycles. The molecule has 2 saturated carbocycles. The smallest absolute Gasteiger partial charge is 0.311 e. The van der Waals surface area contributed by atoms with E-state index in [9.17, 15) is 9.59 Å². The van der Waals surface area contributed by atoms with Gasteiger partial charge in [-0.15, -0.1) is 0 Å². The SMILES string of the molecule is CC12CCCCCC(Cc3c(F)cc(OC(=O)CCCCCCC(=O)Oc4cc(F)c5c(c4)C4(C)CCCCCC(C5)C4N)cc31)C2N. The molecule has 6 unspecified atom stereocenters. The van der Waals surface area contributed by atoms with Gasteiger partial charge in [-0.1, -0.05) is 65.2 Å². The normalized spacial score (nSPS) is 29.7. The van der Waals surface area contributed by atoms with E-state index in [0.29, 0.717) is 25.7 Å². The largest absolute Gasteiger partial charge is 0.426 e. The summed E-state index contributed by atoms with van der Waals surface area (Å²) in [6.07, 6.45) is 14.9. The molecule has 6 atom stereocenters. The molecule has 48 heavy (non-hydrogen) atoms. The van der Waals surface area contributed by atoms with Crippen LogP contribution in [0.1, 0.15) is 139 Å². The van der Waals surface area contributed by atoms with Gasteiger partial charge in [0.1, 0.15) is 23.1 Å². The van der Waals surface area contributed by atoms with Gasteiger partial charge in [0, 0.05) is 47.9 Å². The molecule has 262 valence electrons. The van der Waals surface area contributed by atoms with E-state index in [4.69, 9.17) is 20.9 Å². The number of esters is 2. The maximum atomic E-state index is 15.3. The van der Waals surface area contributed by atoms with E-state index in [0.717, 1.165) is 99.3 Å². The Labute approximate surface area is 284 Å². The molecule has 0 saturated heterocycles. The van der Waals surface area contributed by atoms with Gasteiger partial charge < -0.3 is 20.9 Å². The van der Waals surface area contributed by atoms with Gasteiger partial charge in [-0.2, -0.15) is 0 Å². The number of hydrogen-bond acceptors (Lipinski definition) is 6. The van der Waals surface area contributed by atoms with Crippen LogP contribution in [0.25, 0.3) is 0 Å². The zero-order chi connectivity index (χ0) is 34.1. The van der Waals surface area contributed by atoms with Gasteiger partial charge in [0.15, 0.2) is 0 Å². The van der Waals surface area contributed by atoms with Gasteiger partial charge in [0.2, 0.25) is 0 Å². The lowest BCUT2D eigenvalue weighted by Gasteiger charge is -2.47. The topological polar surface area (TPSA) is 105 Å². The first-order valence-electron chi connectivity index (χ1n) is 18.6. The number of nitrogens with two attached hydrogens (primary N) is 2. The second-order valence-electron chi connectivity index (χ2n) is 15.7. The zero-order valence-corrected chi connectivity index (χ0v) is 28.9. The average Bonchev–Trinajstić information content (AvgIpc) is 3.03. The molecule has 8 heteroatoms. The Bertz CT molecular complexity index is 1400. The summed E-state index contributed by atoms with van der Waals surface area (Å²) in [6, 6.07) is 6.31. The summed E-state index contributed by atoms with van der Waals surface area (Å²) in [6.45, 7) is 4.28. The first kappa shape index (κ1) is 35.0. The Balaban J connectivity index is 0.965. The van der Waals surface area contributed by atoms with Gasteiger partial charge in [-0.3, -0.25) is 9.59 Å². The number of fused-ring (bicyclic) bond motifs is 8. The fourth-order valence-corrected chi connectivity index (χ4v) is 9.53. The first-order chi connectivity index (χ1) is 23.0. The Morgan fingerprint density at radius 1 is 0.667 bits per heavy atom. The lowest BCUT2D eigenvalue weighted by atomic mass is 9.60. The van der Waals surface area contributed by atoms with E-state index in [-0.39, 0.29) is 70.7 Å². The third-order valence-electron chi connectivity index (χ3n) is 12.5. The molecule has 2 fully saturated rings. The highest BCUT2D eigenvalue weighted by Gasteiger charge is 2.46. The second kappa shape index (κ2) is 14.6. The van der Waals surface area contributed by atoms with Crippen LogP contribution >= 0.6 is 0 Å². The number of ether oxygens (including phenoxy) is 2. The second-order valence-corrected chi connectivity index (χ2v) is 15.7. The monoisotopic (exact) mass is 664 g/mol. The van der Waals surface area contributed by atoms with Gasteiger partial charge in [0.25, 0.3) is 0 Å². The molecule has 0 spiro atoms. The van der Waals surface area contributed by atoms with Gasteiger partial charge in [0.05, 0.1) is 0 Å². The summed E-state index contributed by atoms with van der Waals surface area (Å²) in [7, 11) is 0. The molecule has 2 aromatic carbocycles. The van der Waals surface area contributed by atoms with Crippen molar-refractivity contribution >= 4 is 11.9 Å². The van der Waals surface area contributed by atoms with Crippen molar-refractivity contribution in [3.05, 3.63) is 58.2 Å². The fourth-order valence-electron chi connectivity index (χ4n) is 9.53. The van der Waals surface area contributed by atoms with Crippen molar-refractivity contribution < 1.29 is 27.8 Å². The van der Waals surface area contributed by atoms with Crippen LogP contribution in [0.3, 0.4) is 0 Å². The van der Waals surface area contributed by atoms with Crippen LogP contribution in [-0.2, 0) is 33.3 Å². The summed E-state index contributed by atoms with van der Waals surface area (Å²) in [5, 5.41) is 0. The summed E-state index contributed by atoms with van der Waals surface area (Å²) in [4.78, 5) is 25.4. The van der Waals surface area contributed by atoms with Crippen molar-refractivity contribution in [1.82, 2.24) is 0 Å². The minimum absolute atomic E-state index is 0.0385. The third-order valence-corrected chi connectivity index (χ3v) is 12.5. The molecular weight excluding hydrogens is 610 g/mol. The highest BCUT2D eigenvalue weighted by Crippen LogP contribution is 2.49. The predicted molar refractivity (Wildman–Crippen MR) is 183 cm³/mol. The minimum Gasteiger partial charge on any atom is -0.426 e. The van der Waals surface area contributed by atoms with Crippen LogP contribution < -0.4 is 20.9 Å². The summed E-state index contributed by atoms with van der Waals surface area (Å²) < 4.78 is 41.9. The van der Waals surface area contributed by atoms with Crippen molar-refractivity contribution in [1.29, 1.82) is 0 Å². The van der Waals surface area contributed by atoms with Gasteiger partial charge in [-0.05, 0) is 97.6 Å². The van der Waals surface area contributed by atoms with E-state index in [1.807, 2.05) is 12.1 Å². The number of unbranched alkanes of at least 4 members (excludes halogenated alkanes) is 3. The molecule has 6 rings (SSSR count). The van der Waals surface area contributed by atoms with Crippen LogP contribution in [0.4, 0.5) is 8.78 Å². The van der Waals surface area contributed by atoms with Crippen LogP contribution in [-0.4, -0.2) is 24.0 Å². The maximum absolute atomic E-state index is 15.3. The fraction of sp³-hybridized carbons (Fsp3) is 0.650. The van der Waals surface area contributed by atoms with Crippen molar-refractivity contribution in [2.75, 3.05) is 0 Å². The molecule has 4 aliphatic rings. The Morgan fingerprint density at radius 3 is 1.50 bits per heavy atom. The molecule has 4 aliphatic carbocycles. The van der Waals surface area contributed by atoms with Gasteiger partial charge in [-0.25, -0.2) is 8.78 Å². The number of hydrogen-bond donors (Lipinski definition) is 2. The Morgan fingerprint density at radius 2 is 1.08 bits per heavy atom. The van der Waals surface area contributed by atoms with E-state index in [1.54, 1.807) is 0 Å². The summed E-state index contributed by atoms with van der Waals surface area (Å²) in [5.41, 5.74) is 16.1. The highest BCUT2D eigenvalue weighted by atomic mass is 19.1. The molecule has 4 N–H and O–H groups in total. The van der Waals surface area contributed by atoms with E-state index in [1.165, 1.54) is 12.1 Å². The van der Waals surface area contributed by atoms with Crippen LogP contribution in [0.5, 0.6) is 11.5 Å². The van der Waals surface area contributed by atoms with Gasteiger partial charge >= 0.3 is 11.9 Å². The number of benzene rings is 2. The predicted octanol–water partition coefficient (Wildman–Crippen LogP) is 8.26. The molecular formula is C40H54F2N2O4. The van der Waals surface area contributed by atoms with E-state index >= 15 is 8.78 Å². The Kier molecular flexibility index (Phi) is 10.6. The number of halogens is 2. The van der Waals surface area contributed by atoms with Crippen LogP contribution in [0, 0.1) is 23.5 Å². The van der Waals surface area contributed by atoms with Crippen molar-refractivity contribution in [3.63, 3.8) is 0 Å². The lowest BCUT2D eigenvalue weighted by molar-refractivity contribution is -0.135. The molecule has 0 aliphatic heterocycles. The number of carbonyl (C=O) groups excluding carboxylic acids is 2. The third kappa shape index (κ3) is 7.07. The zero-order valence-electron chi connectivity index (χ0n) is 28.9. The Hall–Kier alpha value is -2.84. The molecule has 0 radical (unpaired) electrons. The van der Waals surface area contributed by atoms with Crippen molar-refractivity contribution in [2.45, 2.75) is 152 Å². The maximum Gasteiger partial charge on any atom is 0.311 e. The number of rotatable bonds is 9. The average molecular weight is 665 g/mol. The van der Waals surface area contributed by atoms with Crippen LogP contribution in [0.2, 0.25) is 0 Å².